The average Bonchev–Trinajstić information content (AvgIpc) is 2.85. The van der Waals surface area contributed by atoms with Gasteiger partial charge in [-0.3, -0.25) is 4.40 Å². The highest BCUT2D eigenvalue weighted by molar-refractivity contribution is 7.13. The summed E-state index contributed by atoms with van der Waals surface area (Å²) in [5.41, 5.74) is 2.01. The van der Waals surface area contributed by atoms with Crippen LogP contribution in [0.1, 0.15) is 0 Å². The van der Waals surface area contributed by atoms with Crippen molar-refractivity contribution in [1.29, 1.82) is 0 Å². The second-order valence-corrected chi connectivity index (χ2v) is 3.80. The Kier molecular flexibility index (Phi) is 1.61. The summed E-state index contributed by atoms with van der Waals surface area (Å²) in [5, 5.41) is 2.97. The van der Waals surface area contributed by atoms with Gasteiger partial charge in [0.1, 0.15) is 16.3 Å². The molecule has 0 unspecified atom stereocenters. The predicted molar refractivity (Wildman–Crippen MR) is 56.3 cm³/mol. The Balaban J connectivity index is 2.33. The molecule has 0 aliphatic carbocycles. The lowest BCUT2D eigenvalue weighted by Crippen LogP contribution is -1.85. The van der Waals surface area contributed by atoms with E-state index in [2.05, 4.69) is 9.97 Å². The number of thiazole rings is 1. The third-order valence-corrected chi connectivity index (χ3v) is 2.86. The van der Waals surface area contributed by atoms with Gasteiger partial charge >= 0.3 is 0 Å². The van der Waals surface area contributed by atoms with Crippen molar-refractivity contribution >= 4 is 17.0 Å². The van der Waals surface area contributed by atoms with Gasteiger partial charge in [-0.1, -0.05) is 6.07 Å². The van der Waals surface area contributed by atoms with Crippen LogP contribution < -0.4 is 0 Å². The molecule has 0 saturated carbocycles. The van der Waals surface area contributed by atoms with Gasteiger partial charge in [0, 0.05) is 17.8 Å². The van der Waals surface area contributed by atoms with Gasteiger partial charge in [0.15, 0.2) is 0 Å². The third-order valence-electron chi connectivity index (χ3n) is 2.07. The number of rotatable bonds is 1. The summed E-state index contributed by atoms with van der Waals surface area (Å²) in [6, 6.07) is 5.96. The summed E-state index contributed by atoms with van der Waals surface area (Å²) < 4.78 is 2.04. The molecule has 68 valence electrons. The topological polar surface area (TPSA) is 30.2 Å². The van der Waals surface area contributed by atoms with E-state index in [1.807, 2.05) is 46.6 Å². The second kappa shape index (κ2) is 2.92. The normalized spacial score (nSPS) is 10.9. The Hall–Kier alpha value is -1.68. The molecule has 0 bridgehead atoms. The maximum absolute atomic E-state index is 4.30. The predicted octanol–water partition coefficient (Wildman–Crippen LogP) is 2.46. The molecular formula is C10H7N3S. The highest BCUT2D eigenvalue weighted by atomic mass is 32.1. The maximum Gasteiger partial charge on any atom is 0.141 e. The molecule has 3 heterocycles. The Morgan fingerprint density at radius 2 is 2.21 bits per heavy atom. The summed E-state index contributed by atoms with van der Waals surface area (Å²) in [5.74, 6) is 0. The first-order chi connectivity index (χ1) is 6.95. The standard InChI is InChI=1S/C10H7N3S/c1-2-5-13-8(7-12-9(13)3-1)10-11-4-6-14-10/h1-7H. The lowest BCUT2D eigenvalue weighted by molar-refractivity contribution is 1.18. The molecule has 0 aromatic carbocycles. The van der Waals surface area contributed by atoms with Crippen molar-refractivity contribution in [2.24, 2.45) is 0 Å². The van der Waals surface area contributed by atoms with Crippen LogP contribution in [0.2, 0.25) is 0 Å². The van der Waals surface area contributed by atoms with Gasteiger partial charge in [-0.25, -0.2) is 9.97 Å². The van der Waals surface area contributed by atoms with E-state index >= 15 is 0 Å². The third kappa shape index (κ3) is 1.04. The van der Waals surface area contributed by atoms with Crippen LogP contribution in [0.3, 0.4) is 0 Å². The molecule has 4 heteroatoms. The van der Waals surface area contributed by atoms with E-state index in [9.17, 15) is 0 Å². The van der Waals surface area contributed by atoms with Crippen LogP contribution >= 0.6 is 11.3 Å². The van der Waals surface area contributed by atoms with Crippen LogP contribution in [0.4, 0.5) is 0 Å². The molecular weight excluding hydrogens is 194 g/mol. The molecule has 0 amide bonds. The van der Waals surface area contributed by atoms with E-state index in [-0.39, 0.29) is 0 Å². The maximum atomic E-state index is 4.30. The SMILES string of the molecule is c1ccn2c(-c3nccs3)cnc2c1. The number of nitrogens with zero attached hydrogens (tertiary/aromatic N) is 3. The minimum Gasteiger partial charge on any atom is -0.298 e. The Labute approximate surface area is 84.7 Å². The average molecular weight is 201 g/mol. The highest BCUT2D eigenvalue weighted by Crippen LogP contribution is 2.22. The molecule has 0 N–H and O–H groups in total. The Morgan fingerprint density at radius 1 is 1.21 bits per heavy atom. The first-order valence-corrected chi connectivity index (χ1v) is 5.15. The molecule has 3 nitrogen and oxygen atoms in total. The van der Waals surface area contributed by atoms with Gasteiger partial charge in [0.05, 0.1) is 6.20 Å². The Morgan fingerprint density at radius 3 is 3.07 bits per heavy atom. The first kappa shape index (κ1) is 7.70. The molecule has 3 aromatic rings. The van der Waals surface area contributed by atoms with Gasteiger partial charge < -0.3 is 0 Å². The van der Waals surface area contributed by atoms with Gasteiger partial charge in [0.25, 0.3) is 0 Å². The summed E-state index contributed by atoms with van der Waals surface area (Å²) in [6.45, 7) is 0. The smallest absolute Gasteiger partial charge is 0.141 e. The molecule has 3 aromatic heterocycles. The quantitative estimate of drug-likeness (QED) is 0.605. The lowest BCUT2D eigenvalue weighted by Gasteiger charge is -1.95. The number of hydrogen-bond acceptors (Lipinski definition) is 3. The zero-order valence-corrected chi connectivity index (χ0v) is 8.11. The summed E-state index contributed by atoms with van der Waals surface area (Å²) in [6.07, 6.45) is 5.66. The van der Waals surface area contributed by atoms with Crippen LogP contribution in [-0.2, 0) is 0 Å². The molecule has 3 rings (SSSR count). The van der Waals surface area contributed by atoms with Crippen molar-refractivity contribution in [3.05, 3.63) is 42.2 Å². The van der Waals surface area contributed by atoms with Crippen molar-refractivity contribution in [2.45, 2.75) is 0 Å². The van der Waals surface area contributed by atoms with Gasteiger partial charge in [-0.05, 0) is 12.1 Å². The number of pyridine rings is 1. The molecule has 0 spiro atoms. The van der Waals surface area contributed by atoms with E-state index in [4.69, 9.17) is 0 Å². The minimum atomic E-state index is 0.956. The Bertz CT molecular complexity index is 554. The fourth-order valence-corrected chi connectivity index (χ4v) is 2.08. The van der Waals surface area contributed by atoms with Crippen molar-refractivity contribution in [1.82, 2.24) is 14.4 Å². The van der Waals surface area contributed by atoms with Gasteiger partial charge in [-0.15, -0.1) is 11.3 Å². The molecule has 0 aliphatic heterocycles. The van der Waals surface area contributed by atoms with Crippen LogP contribution in [0.25, 0.3) is 16.3 Å². The number of imidazole rings is 1. The number of hydrogen-bond donors (Lipinski definition) is 0. The minimum absolute atomic E-state index is 0.956. The molecule has 14 heavy (non-hydrogen) atoms. The second-order valence-electron chi connectivity index (χ2n) is 2.91. The zero-order valence-electron chi connectivity index (χ0n) is 7.29. The first-order valence-electron chi connectivity index (χ1n) is 4.27. The van der Waals surface area contributed by atoms with Crippen LogP contribution in [0.5, 0.6) is 0 Å². The van der Waals surface area contributed by atoms with E-state index in [0.717, 1.165) is 16.3 Å². The van der Waals surface area contributed by atoms with E-state index < -0.39 is 0 Å². The molecule has 0 saturated heterocycles. The summed E-state index contributed by atoms with van der Waals surface area (Å²) in [4.78, 5) is 8.57. The molecule has 0 atom stereocenters. The highest BCUT2D eigenvalue weighted by Gasteiger charge is 2.06. The zero-order chi connectivity index (χ0) is 9.38. The van der Waals surface area contributed by atoms with Crippen molar-refractivity contribution < 1.29 is 0 Å². The summed E-state index contributed by atoms with van der Waals surface area (Å²) in [7, 11) is 0. The fourth-order valence-electron chi connectivity index (χ4n) is 1.44. The molecule has 0 aliphatic rings. The fraction of sp³-hybridized carbons (Fsp3) is 0. The molecule has 0 radical (unpaired) electrons. The van der Waals surface area contributed by atoms with Crippen molar-refractivity contribution in [3.8, 4) is 10.7 Å². The van der Waals surface area contributed by atoms with E-state index in [0.29, 0.717) is 0 Å². The number of aromatic nitrogens is 3. The van der Waals surface area contributed by atoms with Gasteiger partial charge in [-0.2, -0.15) is 0 Å². The van der Waals surface area contributed by atoms with Crippen LogP contribution in [0, 0.1) is 0 Å². The van der Waals surface area contributed by atoms with Crippen molar-refractivity contribution in [3.63, 3.8) is 0 Å². The molecule has 0 fully saturated rings. The number of fused-ring (bicyclic) bond motifs is 1. The van der Waals surface area contributed by atoms with Gasteiger partial charge in [0.2, 0.25) is 0 Å². The van der Waals surface area contributed by atoms with E-state index in [1.165, 1.54) is 0 Å². The largest absolute Gasteiger partial charge is 0.298 e. The van der Waals surface area contributed by atoms with E-state index in [1.54, 1.807) is 11.3 Å². The summed E-state index contributed by atoms with van der Waals surface area (Å²) >= 11 is 1.62. The monoisotopic (exact) mass is 201 g/mol. The van der Waals surface area contributed by atoms with Crippen LogP contribution in [0.15, 0.2) is 42.2 Å². The van der Waals surface area contributed by atoms with Crippen LogP contribution in [-0.4, -0.2) is 14.4 Å². The lowest BCUT2D eigenvalue weighted by atomic mass is 10.4. The van der Waals surface area contributed by atoms with Crippen molar-refractivity contribution in [2.75, 3.05) is 0 Å².